The number of nitrogens with zero attached hydrogens (tertiary/aromatic N) is 3. The zero-order valence-electron chi connectivity index (χ0n) is 13.0. The van der Waals surface area contributed by atoms with Crippen LogP contribution in [0.2, 0.25) is 0 Å². The lowest BCUT2D eigenvalue weighted by atomic mass is 10.2. The number of aromatic nitrogens is 2. The highest BCUT2D eigenvalue weighted by atomic mass is 19.1. The predicted molar refractivity (Wildman–Crippen MR) is 85.7 cm³/mol. The van der Waals surface area contributed by atoms with Gasteiger partial charge in [-0.25, -0.2) is 13.8 Å². The van der Waals surface area contributed by atoms with Crippen molar-refractivity contribution in [3.05, 3.63) is 83.9 Å². The topological polar surface area (TPSA) is 38.1 Å². The molecule has 122 valence electrons. The van der Waals surface area contributed by atoms with Gasteiger partial charge in [0.25, 0.3) is 5.91 Å². The van der Waals surface area contributed by atoms with Crippen molar-refractivity contribution in [2.24, 2.45) is 0 Å². The van der Waals surface area contributed by atoms with E-state index in [1.165, 1.54) is 23.2 Å². The molecule has 1 aromatic heterocycles. The maximum absolute atomic E-state index is 13.8. The van der Waals surface area contributed by atoms with E-state index in [-0.39, 0.29) is 18.0 Å². The number of amides is 1. The molecule has 0 N–H and O–H groups in total. The van der Waals surface area contributed by atoms with E-state index in [4.69, 9.17) is 0 Å². The zero-order chi connectivity index (χ0) is 17.1. The molecule has 2 aromatic carbocycles. The van der Waals surface area contributed by atoms with Gasteiger partial charge in [-0.15, -0.1) is 0 Å². The van der Waals surface area contributed by atoms with Gasteiger partial charge in [0.2, 0.25) is 0 Å². The van der Waals surface area contributed by atoms with E-state index in [1.54, 1.807) is 17.9 Å². The van der Waals surface area contributed by atoms with Gasteiger partial charge in [0.15, 0.2) is 0 Å². The fourth-order valence-electron chi connectivity index (χ4n) is 2.42. The Labute approximate surface area is 138 Å². The van der Waals surface area contributed by atoms with Gasteiger partial charge < -0.3 is 4.90 Å². The molecule has 3 rings (SSSR count). The predicted octanol–water partition coefficient (Wildman–Crippen LogP) is 3.42. The summed E-state index contributed by atoms with van der Waals surface area (Å²) in [6.07, 6.45) is 3.02. The Morgan fingerprint density at radius 3 is 2.62 bits per heavy atom. The minimum absolute atomic E-state index is 0.0327. The number of para-hydroxylation sites is 1. The van der Waals surface area contributed by atoms with Crippen LogP contribution in [0.4, 0.5) is 8.78 Å². The van der Waals surface area contributed by atoms with E-state index in [2.05, 4.69) is 4.98 Å². The Kier molecular flexibility index (Phi) is 4.37. The first-order valence-corrected chi connectivity index (χ1v) is 7.33. The largest absolute Gasteiger partial charge is 0.336 e. The third kappa shape index (κ3) is 3.17. The van der Waals surface area contributed by atoms with E-state index in [9.17, 15) is 13.6 Å². The third-order valence-corrected chi connectivity index (χ3v) is 3.66. The lowest BCUT2D eigenvalue weighted by Gasteiger charge is -2.18. The highest BCUT2D eigenvalue weighted by molar-refractivity contribution is 5.92. The molecule has 0 aliphatic rings. The number of benzene rings is 2. The van der Waals surface area contributed by atoms with Gasteiger partial charge >= 0.3 is 0 Å². The van der Waals surface area contributed by atoms with Gasteiger partial charge in [0.05, 0.1) is 12.5 Å². The molecule has 6 heteroatoms. The van der Waals surface area contributed by atoms with Crippen molar-refractivity contribution in [2.75, 3.05) is 7.05 Å². The lowest BCUT2D eigenvalue weighted by Crippen LogP contribution is -2.28. The van der Waals surface area contributed by atoms with E-state index in [0.29, 0.717) is 5.69 Å². The summed E-state index contributed by atoms with van der Waals surface area (Å²) in [5.41, 5.74) is 1.42. The minimum Gasteiger partial charge on any atom is -0.336 e. The number of hydrogen-bond donors (Lipinski definition) is 0. The SMILES string of the molecule is CN(Cc1ccc(F)cc1F)C(=O)c1cncn1-c1ccccc1. The van der Waals surface area contributed by atoms with Crippen LogP contribution in [0.3, 0.4) is 0 Å². The fourth-order valence-corrected chi connectivity index (χ4v) is 2.42. The molecule has 0 bridgehead atoms. The molecule has 24 heavy (non-hydrogen) atoms. The first-order valence-electron chi connectivity index (χ1n) is 7.33. The van der Waals surface area contributed by atoms with Crippen molar-refractivity contribution in [2.45, 2.75) is 6.54 Å². The molecule has 0 aliphatic carbocycles. The van der Waals surface area contributed by atoms with Crippen molar-refractivity contribution >= 4 is 5.91 Å². The number of imidazole rings is 1. The Morgan fingerprint density at radius 1 is 1.17 bits per heavy atom. The second-order valence-electron chi connectivity index (χ2n) is 5.38. The first-order chi connectivity index (χ1) is 11.6. The number of rotatable bonds is 4. The second kappa shape index (κ2) is 6.62. The molecule has 0 radical (unpaired) electrons. The summed E-state index contributed by atoms with van der Waals surface area (Å²) in [6.45, 7) is 0.0327. The van der Waals surface area contributed by atoms with Crippen LogP contribution in [-0.2, 0) is 6.54 Å². The Hall–Kier alpha value is -3.02. The number of hydrogen-bond acceptors (Lipinski definition) is 2. The van der Waals surface area contributed by atoms with Gasteiger partial charge in [-0.2, -0.15) is 0 Å². The molecule has 0 unspecified atom stereocenters. The summed E-state index contributed by atoms with van der Waals surface area (Å²) in [6, 6.07) is 12.6. The summed E-state index contributed by atoms with van der Waals surface area (Å²) >= 11 is 0. The first kappa shape index (κ1) is 15.9. The molecule has 3 aromatic rings. The van der Waals surface area contributed by atoms with E-state index in [1.807, 2.05) is 30.3 Å². The Morgan fingerprint density at radius 2 is 1.92 bits per heavy atom. The van der Waals surface area contributed by atoms with Crippen LogP contribution in [0.25, 0.3) is 5.69 Å². The zero-order valence-corrected chi connectivity index (χ0v) is 13.0. The van der Waals surface area contributed by atoms with Crippen molar-refractivity contribution < 1.29 is 13.6 Å². The average molecular weight is 327 g/mol. The minimum atomic E-state index is -0.675. The van der Waals surface area contributed by atoms with Crippen molar-refractivity contribution in [1.82, 2.24) is 14.5 Å². The summed E-state index contributed by atoms with van der Waals surface area (Å²) in [7, 11) is 1.56. The van der Waals surface area contributed by atoms with Gasteiger partial charge in [0.1, 0.15) is 17.3 Å². The van der Waals surface area contributed by atoms with Gasteiger partial charge in [-0.3, -0.25) is 9.36 Å². The van der Waals surface area contributed by atoms with E-state index >= 15 is 0 Å². The molecular formula is C18H15F2N3O. The maximum atomic E-state index is 13.8. The number of carbonyl (C=O) groups excluding carboxylic acids is 1. The summed E-state index contributed by atoms with van der Waals surface area (Å²) in [5.74, 6) is -1.63. The van der Waals surface area contributed by atoms with E-state index in [0.717, 1.165) is 11.8 Å². The van der Waals surface area contributed by atoms with Crippen molar-refractivity contribution in [3.8, 4) is 5.69 Å². The molecule has 0 saturated heterocycles. The monoisotopic (exact) mass is 327 g/mol. The molecule has 4 nitrogen and oxygen atoms in total. The molecule has 1 heterocycles. The Bertz CT molecular complexity index is 862. The average Bonchev–Trinajstić information content (AvgIpc) is 3.07. The quantitative estimate of drug-likeness (QED) is 0.736. The molecular weight excluding hydrogens is 312 g/mol. The van der Waals surface area contributed by atoms with Crippen LogP contribution >= 0.6 is 0 Å². The smallest absolute Gasteiger partial charge is 0.272 e. The molecule has 0 atom stereocenters. The van der Waals surface area contributed by atoms with Crippen LogP contribution < -0.4 is 0 Å². The number of carbonyl (C=O) groups is 1. The van der Waals surface area contributed by atoms with Crippen LogP contribution in [-0.4, -0.2) is 27.4 Å². The summed E-state index contributed by atoms with van der Waals surface area (Å²) < 4.78 is 28.4. The maximum Gasteiger partial charge on any atom is 0.272 e. The highest BCUT2D eigenvalue weighted by Gasteiger charge is 2.18. The van der Waals surface area contributed by atoms with Crippen LogP contribution in [0.15, 0.2) is 61.1 Å². The molecule has 1 amide bonds. The van der Waals surface area contributed by atoms with Gasteiger partial charge in [0, 0.05) is 30.9 Å². The van der Waals surface area contributed by atoms with Crippen molar-refractivity contribution in [3.63, 3.8) is 0 Å². The van der Waals surface area contributed by atoms with Crippen molar-refractivity contribution in [1.29, 1.82) is 0 Å². The lowest BCUT2D eigenvalue weighted by molar-refractivity contribution is 0.0776. The molecule has 0 spiro atoms. The fraction of sp³-hybridized carbons (Fsp3) is 0.111. The van der Waals surface area contributed by atoms with E-state index < -0.39 is 11.6 Å². The summed E-state index contributed by atoms with van der Waals surface area (Å²) in [5, 5.41) is 0. The van der Waals surface area contributed by atoms with Crippen LogP contribution in [0.5, 0.6) is 0 Å². The molecule has 0 aliphatic heterocycles. The summed E-state index contributed by atoms with van der Waals surface area (Å²) in [4.78, 5) is 18.0. The molecule has 0 fully saturated rings. The van der Waals surface area contributed by atoms with Crippen LogP contribution in [0.1, 0.15) is 16.1 Å². The van der Waals surface area contributed by atoms with Crippen LogP contribution in [0, 0.1) is 11.6 Å². The highest BCUT2D eigenvalue weighted by Crippen LogP contribution is 2.16. The third-order valence-electron chi connectivity index (χ3n) is 3.66. The van der Waals surface area contributed by atoms with Gasteiger partial charge in [-0.1, -0.05) is 24.3 Å². The van der Waals surface area contributed by atoms with Gasteiger partial charge in [-0.05, 0) is 18.2 Å². The Balaban J connectivity index is 1.83. The number of halogens is 2. The molecule has 0 saturated carbocycles. The standard InChI is InChI=1S/C18H15F2N3O/c1-22(11-13-7-8-14(19)9-16(13)20)18(24)17-10-21-12-23(17)15-5-3-2-4-6-15/h2-10,12H,11H2,1H3. The second-order valence-corrected chi connectivity index (χ2v) is 5.38. The normalized spacial score (nSPS) is 10.6.